The van der Waals surface area contributed by atoms with Crippen molar-refractivity contribution < 1.29 is 26.7 Å². The Bertz CT molecular complexity index is 1300. The molecule has 0 aromatic heterocycles. The van der Waals surface area contributed by atoms with Gasteiger partial charge in [-0.3, -0.25) is 0 Å². The van der Waals surface area contributed by atoms with Crippen molar-refractivity contribution in [3.8, 4) is 0 Å². The fourth-order valence-electron chi connectivity index (χ4n) is 2.24. The molecular formula is C33H33F5O. The topological polar surface area (TPSA) is 9.23 Å². The molecule has 0 aliphatic rings. The lowest BCUT2D eigenvalue weighted by Gasteiger charge is -2.18. The normalized spacial score (nSPS) is 12.7. The van der Waals surface area contributed by atoms with Crippen molar-refractivity contribution in [1.29, 1.82) is 0 Å². The Hall–Kier alpha value is -4.45. The lowest BCUT2D eigenvalue weighted by atomic mass is 10.0. The van der Waals surface area contributed by atoms with Crippen LogP contribution in [0.2, 0.25) is 0 Å². The van der Waals surface area contributed by atoms with E-state index in [1.807, 2.05) is 0 Å². The number of allylic oxidation sites excluding steroid dienone is 17. The number of ether oxygens (including phenoxy) is 1. The van der Waals surface area contributed by atoms with Crippen molar-refractivity contribution in [2.24, 2.45) is 0 Å². The van der Waals surface area contributed by atoms with Crippen molar-refractivity contribution in [2.45, 2.75) is 20.0 Å². The van der Waals surface area contributed by atoms with Crippen molar-refractivity contribution in [1.82, 2.24) is 0 Å². The molecular weight excluding hydrogens is 507 g/mol. The molecule has 6 heteroatoms. The third-order valence-corrected chi connectivity index (χ3v) is 4.75. The minimum Gasteiger partial charge on any atom is -0.429 e. The largest absolute Gasteiger partial charge is 0.429 e. The summed E-state index contributed by atoms with van der Waals surface area (Å²) >= 11 is 0. The van der Waals surface area contributed by atoms with Crippen molar-refractivity contribution >= 4 is 0 Å². The Morgan fingerprint density at radius 2 is 1.03 bits per heavy atom. The van der Waals surface area contributed by atoms with Gasteiger partial charge in [-0.1, -0.05) is 89.6 Å². The van der Waals surface area contributed by atoms with Crippen LogP contribution in [0.5, 0.6) is 0 Å². The summed E-state index contributed by atoms with van der Waals surface area (Å²) in [5, 5.41) is 0. The fraction of sp³-hybridized carbons (Fsp3) is 0.0909. The van der Waals surface area contributed by atoms with E-state index in [1.165, 1.54) is 6.92 Å². The van der Waals surface area contributed by atoms with E-state index in [2.05, 4.69) is 70.5 Å². The van der Waals surface area contributed by atoms with E-state index in [1.54, 1.807) is 19.1 Å². The van der Waals surface area contributed by atoms with E-state index in [4.69, 9.17) is 0 Å². The van der Waals surface area contributed by atoms with E-state index in [0.717, 1.165) is 29.9 Å². The first-order valence-electron chi connectivity index (χ1n) is 11.2. The van der Waals surface area contributed by atoms with Gasteiger partial charge in [0.25, 0.3) is 0 Å². The minimum absolute atomic E-state index is 0.000189. The number of alkyl halides is 2. The molecule has 1 nitrogen and oxygen atoms in total. The van der Waals surface area contributed by atoms with E-state index in [9.17, 15) is 22.0 Å². The quantitative estimate of drug-likeness (QED) is 0.107. The average molecular weight is 541 g/mol. The van der Waals surface area contributed by atoms with Gasteiger partial charge in [0.15, 0.2) is 0 Å². The summed E-state index contributed by atoms with van der Waals surface area (Å²) in [6, 6.07) is 0. The maximum atomic E-state index is 14.7. The van der Waals surface area contributed by atoms with Crippen LogP contribution in [0.4, 0.5) is 22.0 Å². The van der Waals surface area contributed by atoms with E-state index in [-0.39, 0.29) is 33.4 Å². The Morgan fingerprint density at radius 3 is 1.51 bits per heavy atom. The smallest absolute Gasteiger partial charge is 0.426 e. The summed E-state index contributed by atoms with van der Waals surface area (Å²) in [6.07, 6.45) is 3.78. The summed E-state index contributed by atoms with van der Waals surface area (Å²) in [6.45, 7) is 38.3. The lowest BCUT2D eigenvalue weighted by Crippen LogP contribution is -2.21. The standard InChI is InChI=1S/C33H33F5O/c1-20(2)13-14-22(5)24(7)17-31(35)29(12)25(8)18-32(36)28(11)23(6)15-16-26(9)33(37,38)39-27(10)19-30(34)21(3)4/h13-19H,1,3,5-12H2,2,4H3/b14-13-,16-15-,30-19+,31-17+,32-18+. The molecule has 0 aliphatic carbocycles. The highest BCUT2D eigenvalue weighted by molar-refractivity contribution is 5.55. The molecule has 0 aliphatic heterocycles. The van der Waals surface area contributed by atoms with E-state index >= 15 is 0 Å². The first-order chi connectivity index (χ1) is 17.8. The highest BCUT2D eigenvalue weighted by Gasteiger charge is 2.34. The van der Waals surface area contributed by atoms with Gasteiger partial charge in [0, 0.05) is 17.2 Å². The van der Waals surface area contributed by atoms with Crippen LogP contribution in [0.3, 0.4) is 0 Å². The molecule has 0 unspecified atom stereocenters. The molecule has 0 spiro atoms. The Labute approximate surface area is 228 Å². The average Bonchev–Trinajstić information content (AvgIpc) is 2.83. The highest BCUT2D eigenvalue weighted by atomic mass is 19.3. The summed E-state index contributed by atoms with van der Waals surface area (Å²) in [5.41, 5.74) is -0.126. The molecule has 0 aromatic rings. The zero-order chi connectivity index (χ0) is 30.7. The number of hydrogen-bond donors (Lipinski definition) is 0. The zero-order valence-electron chi connectivity index (χ0n) is 22.4. The van der Waals surface area contributed by atoms with Gasteiger partial charge < -0.3 is 4.74 Å². The second kappa shape index (κ2) is 15.1. The van der Waals surface area contributed by atoms with Gasteiger partial charge >= 0.3 is 6.11 Å². The Morgan fingerprint density at radius 1 is 0.564 bits per heavy atom. The molecule has 206 valence electrons. The molecule has 0 rings (SSSR count). The van der Waals surface area contributed by atoms with Crippen LogP contribution in [0.1, 0.15) is 13.8 Å². The Kier molecular flexibility index (Phi) is 13.4. The third-order valence-electron chi connectivity index (χ3n) is 4.75. The van der Waals surface area contributed by atoms with Gasteiger partial charge in [0.2, 0.25) is 0 Å². The monoisotopic (exact) mass is 540 g/mol. The molecule has 0 amide bonds. The minimum atomic E-state index is -3.96. The lowest BCUT2D eigenvalue weighted by molar-refractivity contribution is -0.175. The van der Waals surface area contributed by atoms with Crippen LogP contribution in [0.25, 0.3) is 0 Å². The molecule has 0 atom stereocenters. The molecule has 0 bridgehead atoms. The summed E-state index contributed by atoms with van der Waals surface area (Å²) in [4.78, 5) is 0. The molecule has 39 heavy (non-hydrogen) atoms. The molecule has 0 heterocycles. The SMILES string of the molecule is C=C(C)/C=C\C(=C)C(=C)/C=C(/F)C(=C)C(=C)/C=C(/F)C(=C)C(=C)/C=C\C(=C)C(F)(F)OC(=C)/C=C(/F)C(=C)C. The van der Waals surface area contributed by atoms with Gasteiger partial charge in [-0.2, -0.15) is 8.78 Å². The summed E-state index contributed by atoms with van der Waals surface area (Å²) < 4.78 is 75.8. The van der Waals surface area contributed by atoms with Gasteiger partial charge in [0.05, 0.1) is 5.57 Å². The predicted molar refractivity (Wildman–Crippen MR) is 155 cm³/mol. The second-order valence-corrected chi connectivity index (χ2v) is 8.44. The maximum Gasteiger partial charge on any atom is 0.426 e. The number of rotatable bonds is 16. The second-order valence-electron chi connectivity index (χ2n) is 8.44. The van der Waals surface area contributed by atoms with Crippen LogP contribution in [0.15, 0.2) is 182 Å². The van der Waals surface area contributed by atoms with Gasteiger partial charge in [-0.05, 0) is 59.9 Å². The molecule has 0 saturated heterocycles. The third kappa shape index (κ3) is 12.1. The van der Waals surface area contributed by atoms with Crippen LogP contribution in [-0.2, 0) is 4.74 Å². The maximum absolute atomic E-state index is 14.7. The molecule has 0 saturated carbocycles. The molecule has 0 N–H and O–H groups in total. The van der Waals surface area contributed by atoms with Gasteiger partial charge in [-0.25, -0.2) is 13.2 Å². The highest BCUT2D eigenvalue weighted by Crippen LogP contribution is 2.30. The zero-order valence-corrected chi connectivity index (χ0v) is 22.4. The first-order valence-corrected chi connectivity index (χ1v) is 11.2. The van der Waals surface area contributed by atoms with Gasteiger partial charge in [0.1, 0.15) is 23.2 Å². The van der Waals surface area contributed by atoms with Crippen molar-refractivity contribution in [3.05, 3.63) is 182 Å². The summed E-state index contributed by atoms with van der Waals surface area (Å²) in [5.74, 6) is -3.32. The number of halogens is 5. The molecule has 0 fully saturated rings. The van der Waals surface area contributed by atoms with Crippen LogP contribution in [-0.4, -0.2) is 6.11 Å². The van der Waals surface area contributed by atoms with Crippen LogP contribution < -0.4 is 0 Å². The van der Waals surface area contributed by atoms with Crippen molar-refractivity contribution in [2.75, 3.05) is 0 Å². The van der Waals surface area contributed by atoms with E-state index in [0.29, 0.717) is 11.6 Å². The number of hydrogen-bond acceptors (Lipinski definition) is 1. The molecule has 0 radical (unpaired) electrons. The van der Waals surface area contributed by atoms with Crippen LogP contribution >= 0.6 is 0 Å². The van der Waals surface area contributed by atoms with Gasteiger partial charge in [-0.15, -0.1) is 0 Å². The van der Waals surface area contributed by atoms with E-state index < -0.39 is 34.9 Å². The fourth-order valence-corrected chi connectivity index (χ4v) is 2.24. The summed E-state index contributed by atoms with van der Waals surface area (Å²) in [7, 11) is 0. The Balaban J connectivity index is 5.43. The predicted octanol–water partition coefficient (Wildman–Crippen LogP) is 10.8. The van der Waals surface area contributed by atoms with Crippen LogP contribution in [0, 0.1) is 0 Å². The van der Waals surface area contributed by atoms with Crippen molar-refractivity contribution in [3.63, 3.8) is 0 Å². The first kappa shape index (κ1) is 34.6. The molecule has 0 aromatic carbocycles.